The van der Waals surface area contributed by atoms with Crippen molar-refractivity contribution in [2.24, 2.45) is 0 Å². The van der Waals surface area contributed by atoms with Crippen molar-refractivity contribution < 1.29 is 29.2 Å². The van der Waals surface area contributed by atoms with Gasteiger partial charge in [-0.25, -0.2) is 4.79 Å². The van der Waals surface area contributed by atoms with Crippen molar-refractivity contribution in [3.8, 4) is 11.5 Å². The Morgan fingerprint density at radius 2 is 1.30 bits per heavy atom. The second-order valence-electron chi connectivity index (χ2n) is 10.4. The molecule has 1 aromatic rings. The third kappa shape index (κ3) is 17.4. The number of hydrogen-bond acceptors (Lipinski definition) is 5. The molecule has 1 atom stereocenters. The zero-order valence-electron chi connectivity index (χ0n) is 23.8. The van der Waals surface area contributed by atoms with E-state index < -0.39 is 12.1 Å². The van der Waals surface area contributed by atoms with Crippen LogP contribution in [0.4, 0.5) is 0 Å². The maximum atomic E-state index is 11.4. The zero-order valence-corrected chi connectivity index (χ0v) is 23.8. The Labute approximate surface area is 226 Å². The van der Waals surface area contributed by atoms with Gasteiger partial charge in [-0.2, -0.15) is 0 Å². The van der Waals surface area contributed by atoms with Gasteiger partial charge in [-0.05, 0) is 32.4 Å². The predicted molar refractivity (Wildman–Crippen MR) is 151 cm³/mol. The Hall–Kier alpha value is -1.79. The van der Waals surface area contributed by atoms with Crippen LogP contribution in [0.5, 0.6) is 11.5 Å². The molecule has 0 saturated heterocycles. The molecule has 0 aliphatic rings. The molecular formula is C31H54O6. The van der Waals surface area contributed by atoms with Crippen LogP contribution in [0, 0.1) is 0 Å². The largest absolute Gasteiger partial charge is 0.490 e. The van der Waals surface area contributed by atoms with Crippen molar-refractivity contribution in [2.75, 3.05) is 19.8 Å². The first kappa shape index (κ1) is 33.2. The molecule has 0 radical (unpaired) electrons. The molecule has 6 heteroatoms. The van der Waals surface area contributed by atoms with E-state index in [4.69, 9.17) is 14.2 Å². The number of rotatable bonds is 25. The fraction of sp³-hybridized carbons (Fsp3) is 0.774. The summed E-state index contributed by atoms with van der Waals surface area (Å²) >= 11 is 0. The van der Waals surface area contributed by atoms with Gasteiger partial charge in [0.15, 0.2) is 0 Å². The van der Waals surface area contributed by atoms with Gasteiger partial charge >= 0.3 is 5.97 Å². The fourth-order valence-corrected chi connectivity index (χ4v) is 4.39. The van der Waals surface area contributed by atoms with Crippen LogP contribution in [-0.4, -0.2) is 48.2 Å². The summed E-state index contributed by atoms with van der Waals surface area (Å²) in [6.45, 7) is 6.70. The summed E-state index contributed by atoms with van der Waals surface area (Å²) in [5, 5.41) is 19.0. The topological polar surface area (TPSA) is 85.2 Å². The van der Waals surface area contributed by atoms with E-state index in [0.717, 1.165) is 12.8 Å². The Morgan fingerprint density at radius 3 is 1.76 bits per heavy atom. The number of benzene rings is 1. The molecule has 0 amide bonds. The minimum Gasteiger partial charge on any atom is -0.490 e. The first-order valence-corrected chi connectivity index (χ1v) is 14.9. The molecule has 2 N–H and O–H groups in total. The number of ether oxygens (including phenoxy) is 3. The van der Waals surface area contributed by atoms with Gasteiger partial charge in [0, 0.05) is 12.7 Å². The Kier molecular flexibility index (Phi) is 20.0. The van der Waals surface area contributed by atoms with Gasteiger partial charge < -0.3 is 24.4 Å². The van der Waals surface area contributed by atoms with E-state index in [2.05, 4.69) is 6.92 Å². The lowest BCUT2D eigenvalue weighted by Gasteiger charge is -2.19. The van der Waals surface area contributed by atoms with Crippen LogP contribution in [-0.2, 0) is 4.74 Å². The Balaban J connectivity index is 2.05. The van der Waals surface area contributed by atoms with Crippen molar-refractivity contribution >= 4 is 5.97 Å². The highest BCUT2D eigenvalue weighted by molar-refractivity contribution is 5.91. The summed E-state index contributed by atoms with van der Waals surface area (Å²) in [7, 11) is 0. The molecule has 0 spiro atoms. The van der Waals surface area contributed by atoms with Crippen molar-refractivity contribution in [3.63, 3.8) is 0 Å². The quantitative estimate of drug-likeness (QED) is 0.126. The first-order valence-electron chi connectivity index (χ1n) is 14.9. The molecule has 6 nitrogen and oxygen atoms in total. The summed E-state index contributed by atoms with van der Waals surface area (Å²) in [6, 6.07) is 4.60. The van der Waals surface area contributed by atoms with Crippen molar-refractivity contribution in [1.29, 1.82) is 0 Å². The molecule has 0 aliphatic heterocycles. The minimum atomic E-state index is -1.05. The second kappa shape index (κ2) is 22.2. The fourth-order valence-electron chi connectivity index (χ4n) is 4.39. The Bertz CT molecular complexity index is 690. The van der Waals surface area contributed by atoms with E-state index in [1.807, 2.05) is 13.8 Å². The molecule has 0 unspecified atom stereocenters. The van der Waals surface area contributed by atoms with E-state index >= 15 is 0 Å². The second-order valence-corrected chi connectivity index (χ2v) is 10.4. The smallest absolute Gasteiger partial charge is 0.339 e. The van der Waals surface area contributed by atoms with Crippen molar-refractivity contribution in [1.82, 2.24) is 0 Å². The first-order chi connectivity index (χ1) is 18.0. The van der Waals surface area contributed by atoms with Crippen LogP contribution >= 0.6 is 0 Å². The number of unbranched alkanes of at least 4 members (excludes halogenated alkanes) is 15. The highest BCUT2D eigenvalue weighted by Gasteiger charge is 2.16. The van der Waals surface area contributed by atoms with E-state index in [1.165, 1.54) is 96.0 Å². The van der Waals surface area contributed by atoms with Gasteiger partial charge in [-0.1, -0.05) is 103 Å². The monoisotopic (exact) mass is 522 g/mol. The number of carboxylic acid groups (broad SMARTS) is 1. The normalized spacial score (nSPS) is 12.1. The maximum absolute atomic E-state index is 11.4. The third-order valence-corrected chi connectivity index (χ3v) is 6.50. The molecular weight excluding hydrogens is 468 g/mol. The molecule has 0 bridgehead atoms. The standard InChI is InChI=1S/C31H54O6/c1-4-5-6-7-8-9-10-11-12-13-14-15-16-17-18-19-22-35-25-28(24-32)37-27-20-21-29(31(33)34)30(23-27)36-26(2)3/h20-21,23,26,28,32H,4-19,22,24-25H2,1-3H3,(H,33,34)/t28-/m0/s1. The highest BCUT2D eigenvalue weighted by atomic mass is 16.5. The Morgan fingerprint density at radius 1 is 0.784 bits per heavy atom. The summed E-state index contributed by atoms with van der Waals surface area (Å²) in [5.74, 6) is -0.348. The molecule has 0 aliphatic carbocycles. The van der Waals surface area contributed by atoms with Crippen molar-refractivity contribution in [3.05, 3.63) is 23.8 Å². The van der Waals surface area contributed by atoms with E-state index in [0.29, 0.717) is 12.4 Å². The zero-order chi connectivity index (χ0) is 27.1. The van der Waals surface area contributed by atoms with Gasteiger partial charge in [0.05, 0.1) is 19.3 Å². The van der Waals surface area contributed by atoms with Gasteiger partial charge in [0.1, 0.15) is 23.2 Å². The van der Waals surface area contributed by atoms with E-state index in [1.54, 1.807) is 12.1 Å². The molecule has 0 heterocycles. The van der Waals surface area contributed by atoms with Crippen LogP contribution in [0.15, 0.2) is 18.2 Å². The van der Waals surface area contributed by atoms with Crippen LogP contribution in [0.1, 0.15) is 134 Å². The molecule has 0 fully saturated rings. The molecule has 1 aromatic carbocycles. The SMILES string of the molecule is CCCCCCCCCCCCCCCCCCOC[C@H](CO)Oc1ccc(C(=O)O)c(OC(C)C)c1. The predicted octanol–water partition coefficient (Wildman–Crippen LogP) is 8.19. The van der Waals surface area contributed by atoms with Gasteiger partial charge in [-0.3, -0.25) is 0 Å². The molecule has 0 aromatic heterocycles. The molecule has 37 heavy (non-hydrogen) atoms. The van der Waals surface area contributed by atoms with Gasteiger partial charge in [0.2, 0.25) is 0 Å². The number of aromatic carboxylic acids is 1. The van der Waals surface area contributed by atoms with Gasteiger partial charge in [-0.15, -0.1) is 0 Å². The number of carboxylic acids is 1. The number of aliphatic hydroxyl groups is 1. The summed E-state index contributed by atoms with van der Waals surface area (Å²) in [6.07, 6.45) is 20.8. The average Bonchev–Trinajstić information content (AvgIpc) is 2.86. The van der Waals surface area contributed by atoms with Crippen LogP contribution in [0.3, 0.4) is 0 Å². The molecule has 214 valence electrons. The lowest BCUT2D eigenvalue weighted by molar-refractivity contribution is 0.0187. The van der Waals surface area contributed by atoms with Crippen LogP contribution in [0.2, 0.25) is 0 Å². The lowest BCUT2D eigenvalue weighted by Crippen LogP contribution is -2.27. The average molecular weight is 523 g/mol. The maximum Gasteiger partial charge on any atom is 0.339 e. The number of aliphatic hydroxyl groups excluding tert-OH is 1. The summed E-state index contributed by atoms with van der Waals surface area (Å²) < 4.78 is 17.1. The molecule has 0 saturated carbocycles. The lowest BCUT2D eigenvalue weighted by atomic mass is 10.0. The number of carbonyl (C=O) groups is 1. The van der Waals surface area contributed by atoms with Crippen LogP contribution in [0.25, 0.3) is 0 Å². The third-order valence-electron chi connectivity index (χ3n) is 6.50. The van der Waals surface area contributed by atoms with E-state index in [9.17, 15) is 15.0 Å². The minimum absolute atomic E-state index is 0.0846. The summed E-state index contributed by atoms with van der Waals surface area (Å²) in [5.41, 5.74) is 0.0846. The number of hydrogen-bond donors (Lipinski definition) is 2. The highest BCUT2D eigenvalue weighted by Crippen LogP contribution is 2.27. The van der Waals surface area contributed by atoms with E-state index in [-0.39, 0.29) is 30.6 Å². The van der Waals surface area contributed by atoms with Crippen molar-refractivity contribution in [2.45, 2.75) is 136 Å². The van der Waals surface area contributed by atoms with Crippen LogP contribution < -0.4 is 9.47 Å². The van der Waals surface area contributed by atoms with Gasteiger partial charge in [0.25, 0.3) is 0 Å². The molecule has 1 rings (SSSR count). The summed E-state index contributed by atoms with van der Waals surface area (Å²) in [4.78, 5) is 11.4.